The zero-order valence-corrected chi connectivity index (χ0v) is 10.4. The molecule has 2 rings (SSSR count). The lowest BCUT2D eigenvalue weighted by Crippen LogP contribution is -2.49. The Balaban J connectivity index is 2.04. The quantitative estimate of drug-likeness (QED) is 0.737. The van der Waals surface area contributed by atoms with Gasteiger partial charge >= 0.3 is 0 Å². The highest BCUT2D eigenvalue weighted by atomic mass is 32.2. The predicted molar refractivity (Wildman–Crippen MR) is 60.0 cm³/mol. The first kappa shape index (κ1) is 11.9. The van der Waals surface area contributed by atoms with E-state index in [9.17, 15) is 13.2 Å². The van der Waals surface area contributed by atoms with Gasteiger partial charge in [0.25, 0.3) is 5.91 Å². The summed E-state index contributed by atoms with van der Waals surface area (Å²) in [6.45, 7) is 3.60. The lowest BCUT2D eigenvalue weighted by molar-refractivity contribution is -0.121. The fourth-order valence-corrected chi connectivity index (χ4v) is 3.24. The summed E-state index contributed by atoms with van der Waals surface area (Å²) in [5.74, 6) is -0.415. The van der Waals surface area contributed by atoms with Crippen molar-refractivity contribution in [1.82, 2.24) is 4.72 Å². The van der Waals surface area contributed by atoms with Gasteiger partial charge in [0.15, 0.2) is 0 Å². The molecule has 0 bridgehead atoms. The Bertz CT molecular complexity index is 427. The van der Waals surface area contributed by atoms with Crippen molar-refractivity contribution >= 4 is 15.9 Å². The third-order valence-corrected chi connectivity index (χ3v) is 6.06. The van der Waals surface area contributed by atoms with Crippen molar-refractivity contribution in [3.8, 4) is 0 Å². The van der Waals surface area contributed by atoms with Crippen LogP contribution in [0.1, 0.15) is 39.5 Å². The molecule has 92 valence electrons. The van der Waals surface area contributed by atoms with Crippen LogP contribution in [0.3, 0.4) is 0 Å². The van der Waals surface area contributed by atoms with Crippen molar-refractivity contribution < 1.29 is 13.2 Å². The maximum Gasteiger partial charge on any atom is 0.253 e. The molecule has 1 amide bonds. The van der Waals surface area contributed by atoms with E-state index in [1.165, 1.54) is 0 Å². The van der Waals surface area contributed by atoms with Gasteiger partial charge in [-0.05, 0) is 32.1 Å². The molecule has 1 unspecified atom stereocenters. The van der Waals surface area contributed by atoms with Crippen LogP contribution in [0, 0.1) is 5.92 Å². The second kappa shape index (κ2) is 3.20. The van der Waals surface area contributed by atoms with Crippen molar-refractivity contribution in [3.05, 3.63) is 0 Å². The van der Waals surface area contributed by atoms with Crippen LogP contribution in [0.15, 0.2) is 0 Å². The summed E-state index contributed by atoms with van der Waals surface area (Å²) in [7, 11) is -3.54. The van der Waals surface area contributed by atoms with E-state index in [-0.39, 0.29) is 5.92 Å². The Labute approximate surface area is 95.8 Å². The minimum atomic E-state index is -3.54. The number of amides is 1. The molecular formula is C10H18N2O3S. The molecule has 2 atom stereocenters. The molecule has 16 heavy (non-hydrogen) atoms. The van der Waals surface area contributed by atoms with Crippen LogP contribution in [0.5, 0.6) is 0 Å². The average Bonchev–Trinajstić information content (AvgIpc) is 3.04. The number of nitrogens with two attached hydrogens (primary N) is 1. The molecule has 5 nitrogen and oxygen atoms in total. The minimum absolute atomic E-state index is 0.120. The number of hydrogen-bond donors (Lipinski definition) is 2. The molecule has 2 fully saturated rings. The second-order valence-corrected chi connectivity index (χ2v) is 7.43. The monoisotopic (exact) mass is 246 g/mol. The summed E-state index contributed by atoms with van der Waals surface area (Å²) in [6, 6.07) is 0. The maximum absolute atomic E-state index is 11.8. The molecule has 0 saturated heterocycles. The van der Waals surface area contributed by atoms with Gasteiger partial charge in [-0.2, -0.15) is 0 Å². The van der Waals surface area contributed by atoms with Gasteiger partial charge in [0, 0.05) is 0 Å². The fraction of sp³-hybridized carbons (Fsp3) is 0.900. The molecule has 0 aromatic heterocycles. The van der Waals surface area contributed by atoms with Crippen LogP contribution >= 0.6 is 0 Å². The van der Waals surface area contributed by atoms with E-state index < -0.39 is 26.2 Å². The van der Waals surface area contributed by atoms with Gasteiger partial charge in [-0.15, -0.1) is 0 Å². The predicted octanol–water partition coefficient (Wildman–Crippen LogP) is 0.112. The molecule has 2 aliphatic rings. The van der Waals surface area contributed by atoms with Gasteiger partial charge < -0.3 is 5.73 Å². The van der Waals surface area contributed by atoms with Gasteiger partial charge in [-0.3, -0.25) is 9.52 Å². The fourth-order valence-electron chi connectivity index (χ4n) is 1.92. The van der Waals surface area contributed by atoms with Crippen molar-refractivity contribution in [3.63, 3.8) is 0 Å². The van der Waals surface area contributed by atoms with Crippen LogP contribution < -0.4 is 10.5 Å². The van der Waals surface area contributed by atoms with E-state index in [0.717, 1.165) is 6.42 Å². The molecule has 0 aliphatic heterocycles. The van der Waals surface area contributed by atoms with Crippen LogP contribution in [0.4, 0.5) is 0 Å². The second-order valence-electron chi connectivity index (χ2n) is 5.23. The normalized spacial score (nSPS) is 35.6. The van der Waals surface area contributed by atoms with Crippen LogP contribution in [-0.2, 0) is 14.8 Å². The van der Waals surface area contributed by atoms with Crippen molar-refractivity contribution in [1.29, 1.82) is 0 Å². The van der Waals surface area contributed by atoms with Crippen molar-refractivity contribution in [2.45, 2.75) is 49.8 Å². The number of carbonyl (C=O) groups is 1. The topological polar surface area (TPSA) is 89.3 Å². The Morgan fingerprint density at radius 2 is 2.06 bits per heavy atom. The largest absolute Gasteiger partial charge is 0.317 e. The molecule has 6 heteroatoms. The minimum Gasteiger partial charge on any atom is -0.317 e. The van der Waals surface area contributed by atoms with E-state index in [1.54, 1.807) is 6.92 Å². The van der Waals surface area contributed by atoms with Crippen LogP contribution in [-0.4, -0.2) is 24.6 Å². The third-order valence-electron chi connectivity index (χ3n) is 3.90. The van der Waals surface area contributed by atoms with E-state index in [4.69, 9.17) is 5.73 Å². The zero-order chi connectivity index (χ0) is 12.2. The molecule has 3 N–H and O–H groups in total. The standard InChI is InChI=1S/C10H18N2O3S/c1-3-7-6-10(7,11)8(13)12-16(14,15)9(2)4-5-9/h7H,3-6,11H2,1-2H3,(H,12,13)/t7-,10?/m1/s1. The number of rotatable bonds is 4. The highest BCUT2D eigenvalue weighted by Crippen LogP contribution is 2.45. The Kier molecular flexibility index (Phi) is 2.37. The van der Waals surface area contributed by atoms with E-state index in [1.807, 2.05) is 6.92 Å². The zero-order valence-electron chi connectivity index (χ0n) is 9.62. The smallest absolute Gasteiger partial charge is 0.253 e. The van der Waals surface area contributed by atoms with E-state index in [0.29, 0.717) is 19.3 Å². The molecule has 0 aromatic rings. The number of nitrogens with one attached hydrogen (secondary N) is 1. The molecule has 2 saturated carbocycles. The Morgan fingerprint density at radius 3 is 2.44 bits per heavy atom. The SMILES string of the molecule is CC[C@@H]1CC1(N)C(=O)NS(=O)(=O)C1(C)CC1. The first-order valence-electron chi connectivity index (χ1n) is 5.61. The average molecular weight is 246 g/mol. The highest BCUT2D eigenvalue weighted by Gasteiger charge is 2.59. The summed E-state index contributed by atoms with van der Waals surface area (Å²) in [5, 5.41) is 0. The van der Waals surface area contributed by atoms with E-state index in [2.05, 4.69) is 4.72 Å². The van der Waals surface area contributed by atoms with Gasteiger partial charge in [0.2, 0.25) is 10.0 Å². The summed E-state index contributed by atoms with van der Waals surface area (Å²) in [6.07, 6.45) is 2.62. The van der Waals surface area contributed by atoms with Gasteiger partial charge in [-0.1, -0.05) is 13.3 Å². The summed E-state index contributed by atoms with van der Waals surface area (Å²) in [4.78, 5) is 11.8. The van der Waals surface area contributed by atoms with Gasteiger partial charge in [0.1, 0.15) is 0 Å². The number of sulfonamides is 1. The Morgan fingerprint density at radius 1 is 1.50 bits per heavy atom. The molecular weight excluding hydrogens is 228 g/mol. The first-order valence-corrected chi connectivity index (χ1v) is 7.09. The molecule has 0 heterocycles. The lowest BCUT2D eigenvalue weighted by Gasteiger charge is -2.15. The number of hydrogen-bond acceptors (Lipinski definition) is 4. The molecule has 0 radical (unpaired) electrons. The first-order chi connectivity index (χ1) is 7.25. The van der Waals surface area contributed by atoms with Crippen LogP contribution in [0.2, 0.25) is 0 Å². The lowest BCUT2D eigenvalue weighted by atomic mass is 10.2. The van der Waals surface area contributed by atoms with Crippen molar-refractivity contribution in [2.24, 2.45) is 11.7 Å². The summed E-state index contributed by atoms with van der Waals surface area (Å²) >= 11 is 0. The molecule has 0 aromatic carbocycles. The summed E-state index contributed by atoms with van der Waals surface area (Å²) in [5.41, 5.74) is 4.89. The highest BCUT2D eigenvalue weighted by molar-refractivity contribution is 7.91. The molecule has 2 aliphatic carbocycles. The molecule has 0 spiro atoms. The Hall–Kier alpha value is -0.620. The van der Waals surface area contributed by atoms with Crippen molar-refractivity contribution in [2.75, 3.05) is 0 Å². The van der Waals surface area contributed by atoms with Gasteiger partial charge in [0.05, 0.1) is 10.3 Å². The third kappa shape index (κ3) is 1.64. The maximum atomic E-state index is 11.8. The van der Waals surface area contributed by atoms with E-state index >= 15 is 0 Å². The van der Waals surface area contributed by atoms with Crippen LogP contribution in [0.25, 0.3) is 0 Å². The van der Waals surface area contributed by atoms with Gasteiger partial charge in [-0.25, -0.2) is 8.42 Å². The number of carbonyl (C=O) groups excluding carboxylic acids is 1. The summed E-state index contributed by atoms with van der Waals surface area (Å²) < 4.78 is 25.0.